The largest absolute Gasteiger partial charge is 0.469 e. The van der Waals surface area contributed by atoms with Crippen molar-refractivity contribution in [2.45, 2.75) is 25.4 Å². The molecule has 1 amide bonds. The molecule has 0 aromatic carbocycles. The molecule has 0 spiro atoms. The highest BCUT2D eigenvalue weighted by Crippen LogP contribution is 2.29. The van der Waals surface area contributed by atoms with E-state index in [2.05, 4.69) is 11.4 Å². The summed E-state index contributed by atoms with van der Waals surface area (Å²) in [6, 6.07) is 3.83. The molecule has 144 valence electrons. The molecule has 6 nitrogen and oxygen atoms in total. The van der Waals surface area contributed by atoms with E-state index in [4.69, 9.17) is 13.9 Å². The van der Waals surface area contributed by atoms with Gasteiger partial charge in [0.15, 0.2) is 0 Å². The van der Waals surface area contributed by atoms with Crippen LogP contribution >= 0.6 is 0 Å². The molecule has 4 rings (SSSR count). The maximum absolute atomic E-state index is 12.1. The highest BCUT2D eigenvalue weighted by molar-refractivity contribution is 5.84. The van der Waals surface area contributed by atoms with Gasteiger partial charge in [0.2, 0.25) is 0 Å². The molecule has 2 aliphatic carbocycles. The molecular formula is C22H21NO5. The average Bonchev–Trinajstić information content (AvgIpc) is 3.21. The lowest BCUT2D eigenvalue weighted by Crippen LogP contribution is -2.33. The van der Waals surface area contributed by atoms with E-state index in [1.54, 1.807) is 18.4 Å². The maximum Gasteiger partial charge on any atom is 0.411 e. The van der Waals surface area contributed by atoms with Gasteiger partial charge in [-0.1, -0.05) is 29.9 Å². The summed E-state index contributed by atoms with van der Waals surface area (Å²) in [5.74, 6) is 0.789. The van der Waals surface area contributed by atoms with Gasteiger partial charge in [-0.3, -0.25) is 5.32 Å². The predicted octanol–water partition coefficient (Wildman–Crippen LogP) is 3.92. The minimum Gasteiger partial charge on any atom is -0.469 e. The van der Waals surface area contributed by atoms with Crippen LogP contribution in [0, 0.1) is 5.92 Å². The fourth-order valence-corrected chi connectivity index (χ4v) is 3.49. The summed E-state index contributed by atoms with van der Waals surface area (Å²) in [6.45, 7) is 2.08. The lowest BCUT2D eigenvalue weighted by molar-refractivity contribution is -0.143. The number of carbonyl (C=O) groups excluding carboxylic acids is 2. The molecule has 3 atom stereocenters. The summed E-state index contributed by atoms with van der Waals surface area (Å²) in [4.78, 5) is 23.7. The van der Waals surface area contributed by atoms with Crippen molar-refractivity contribution in [2.24, 2.45) is 5.92 Å². The summed E-state index contributed by atoms with van der Waals surface area (Å²) in [7, 11) is 0. The van der Waals surface area contributed by atoms with Crippen molar-refractivity contribution in [2.75, 3.05) is 6.61 Å². The van der Waals surface area contributed by atoms with Crippen molar-refractivity contribution >= 4 is 12.1 Å². The normalized spacial score (nSPS) is 25.8. The molecule has 0 saturated carbocycles. The molecule has 6 heteroatoms. The van der Waals surface area contributed by atoms with Crippen LogP contribution in [0.25, 0.3) is 0 Å². The first-order valence-corrected chi connectivity index (χ1v) is 9.22. The smallest absolute Gasteiger partial charge is 0.411 e. The summed E-state index contributed by atoms with van der Waals surface area (Å²) >= 11 is 0. The van der Waals surface area contributed by atoms with Crippen molar-refractivity contribution < 1.29 is 23.5 Å². The van der Waals surface area contributed by atoms with E-state index in [0.717, 1.165) is 23.3 Å². The van der Waals surface area contributed by atoms with Crippen molar-refractivity contribution in [1.29, 1.82) is 0 Å². The Balaban J connectivity index is 1.27. The number of alkyl carbamates (subject to hydrolysis) is 1. The Morgan fingerprint density at radius 2 is 2.21 bits per heavy atom. The van der Waals surface area contributed by atoms with Gasteiger partial charge in [0.05, 0.1) is 6.26 Å². The van der Waals surface area contributed by atoms with Gasteiger partial charge in [0, 0.05) is 23.6 Å². The lowest BCUT2D eigenvalue weighted by Gasteiger charge is -2.29. The number of hydrogen-bond acceptors (Lipinski definition) is 5. The number of esters is 1. The van der Waals surface area contributed by atoms with Gasteiger partial charge in [0.1, 0.15) is 18.5 Å². The number of amides is 1. The first kappa shape index (κ1) is 18.1. The van der Waals surface area contributed by atoms with Gasteiger partial charge in [-0.25, -0.2) is 9.59 Å². The maximum atomic E-state index is 12.1. The average molecular weight is 379 g/mol. The Hall–Kier alpha value is -3.28. The standard InChI is InChI=1S/C22H21NO5/c1-14-11-21(24)28-20-12-17(8-9-18(14)20)23-22(25)27-13-15-4-6-16(7-5-15)19-3-2-10-26-19/h2-6,8-12,16,18,20H,7,13H2,1H3,(H,23,25). The molecule has 28 heavy (non-hydrogen) atoms. The fourth-order valence-electron chi connectivity index (χ4n) is 3.49. The van der Waals surface area contributed by atoms with Crippen LogP contribution in [-0.2, 0) is 14.3 Å². The van der Waals surface area contributed by atoms with E-state index < -0.39 is 12.2 Å². The highest BCUT2D eigenvalue weighted by atomic mass is 16.6. The van der Waals surface area contributed by atoms with Crippen molar-refractivity contribution in [3.8, 4) is 0 Å². The molecular weight excluding hydrogens is 358 g/mol. The summed E-state index contributed by atoms with van der Waals surface area (Å²) in [5.41, 5.74) is 2.44. The monoisotopic (exact) mass is 379 g/mol. The number of hydrogen-bond donors (Lipinski definition) is 1. The Labute approximate surface area is 162 Å². The number of nitrogens with one attached hydrogen (secondary N) is 1. The zero-order valence-corrected chi connectivity index (χ0v) is 15.5. The third-order valence-electron chi connectivity index (χ3n) is 5.01. The molecule has 1 aromatic heterocycles. The number of allylic oxidation sites excluding steroid dienone is 3. The van der Waals surface area contributed by atoms with Crippen molar-refractivity contribution in [3.63, 3.8) is 0 Å². The minimum absolute atomic E-state index is 0.0129. The Morgan fingerprint density at radius 1 is 1.32 bits per heavy atom. The molecule has 3 unspecified atom stereocenters. The third-order valence-corrected chi connectivity index (χ3v) is 5.01. The molecule has 1 aliphatic heterocycles. The number of fused-ring (bicyclic) bond motifs is 1. The molecule has 0 bridgehead atoms. The van der Waals surface area contributed by atoms with Crippen LogP contribution in [0.2, 0.25) is 0 Å². The number of ether oxygens (including phenoxy) is 2. The van der Waals surface area contributed by atoms with Crippen molar-refractivity contribution in [1.82, 2.24) is 5.32 Å². The van der Waals surface area contributed by atoms with E-state index in [1.165, 1.54) is 6.08 Å². The zero-order chi connectivity index (χ0) is 19.5. The summed E-state index contributed by atoms with van der Waals surface area (Å²) in [5, 5.41) is 2.69. The molecule has 1 aromatic rings. The quantitative estimate of drug-likeness (QED) is 0.803. The van der Waals surface area contributed by atoms with Crippen LogP contribution in [0.5, 0.6) is 0 Å². The molecule has 1 N–H and O–H groups in total. The van der Waals surface area contributed by atoms with E-state index in [0.29, 0.717) is 5.70 Å². The second-order valence-corrected chi connectivity index (χ2v) is 6.99. The van der Waals surface area contributed by atoms with Crippen LogP contribution < -0.4 is 5.32 Å². The topological polar surface area (TPSA) is 77.8 Å². The van der Waals surface area contributed by atoms with Crippen molar-refractivity contribution in [3.05, 3.63) is 83.5 Å². The van der Waals surface area contributed by atoms with E-state index in [-0.39, 0.29) is 24.4 Å². The fraction of sp³-hybridized carbons (Fsp3) is 0.273. The van der Waals surface area contributed by atoms with Gasteiger partial charge in [-0.05, 0) is 43.2 Å². The molecule has 0 saturated heterocycles. The molecule has 2 heterocycles. The second kappa shape index (κ2) is 7.76. The Bertz CT molecular complexity index is 917. The van der Waals surface area contributed by atoms with Crippen LogP contribution in [0.1, 0.15) is 25.0 Å². The van der Waals surface area contributed by atoms with E-state index >= 15 is 0 Å². The first-order chi connectivity index (χ1) is 13.6. The van der Waals surface area contributed by atoms with Crippen LogP contribution in [-0.4, -0.2) is 24.8 Å². The zero-order valence-electron chi connectivity index (χ0n) is 15.5. The Kier molecular flexibility index (Phi) is 5.02. The second-order valence-electron chi connectivity index (χ2n) is 6.99. The molecule has 3 aliphatic rings. The van der Waals surface area contributed by atoms with Crippen LogP contribution in [0.15, 0.2) is 82.2 Å². The number of rotatable bonds is 4. The van der Waals surface area contributed by atoms with E-state index in [1.807, 2.05) is 37.3 Å². The van der Waals surface area contributed by atoms with Crippen LogP contribution in [0.3, 0.4) is 0 Å². The third kappa shape index (κ3) is 4.01. The van der Waals surface area contributed by atoms with Gasteiger partial charge in [-0.2, -0.15) is 0 Å². The van der Waals surface area contributed by atoms with Crippen LogP contribution in [0.4, 0.5) is 4.79 Å². The van der Waals surface area contributed by atoms with E-state index in [9.17, 15) is 9.59 Å². The minimum atomic E-state index is -0.550. The van der Waals surface area contributed by atoms with Gasteiger partial charge < -0.3 is 13.9 Å². The predicted molar refractivity (Wildman–Crippen MR) is 102 cm³/mol. The summed E-state index contributed by atoms with van der Waals surface area (Å²) in [6.07, 6.45) is 14.5. The first-order valence-electron chi connectivity index (χ1n) is 9.22. The van der Waals surface area contributed by atoms with Gasteiger partial charge in [-0.15, -0.1) is 0 Å². The summed E-state index contributed by atoms with van der Waals surface area (Å²) < 4.78 is 16.0. The number of carbonyl (C=O) groups is 2. The van der Waals surface area contributed by atoms with Gasteiger partial charge >= 0.3 is 12.1 Å². The highest BCUT2D eigenvalue weighted by Gasteiger charge is 2.30. The lowest BCUT2D eigenvalue weighted by atomic mass is 9.88. The Morgan fingerprint density at radius 3 is 2.96 bits per heavy atom. The molecule has 0 fully saturated rings. The number of furan rings is 1. The SMILES string of the molecule is CC1=CC(=O)OC2C=C(NC(=O)OCC3=CCC(c4ccco4)C=C3)C=CC12. The van der Waals surface area contributed by atoms with Gasteiger partial charge in [0.25, 0.3) is 0 Å². The molecule has 0 radical (unpaired) electrons.